The van der Waals surface area contributed by atoms with Gasteiger partial charge in [-0.15, -0.1) is 0 Å². The zero-order valence-electron chi connectivity index (χ0n) is 13.4. The molecule has 0 unspecified atom stereocenters. The second kappa shape index (κ2) is 9.26. The highest BCUT2D eigenvalue weighted by Crippen LogP contribution is 2.27. The van der Waals surface area contributed by atoms with E-state index in [0.29, 0.717) is 30.3 Å². The number of nitrogens with two attached hydrogens (primary N) is 2. The van der Waals surface area contributed by atoms with Gasteiger partial charge in [-0.1, -0.05) is 0 Å². The number of aromatic nitrogens is 1. The lowest BCUT2D eigenvalue weighted by Crippen LogP contribution is -2.59. The Kier molecular flexibility index (Phi) is 7.70. The van der Waals surface area contributed by atoms with Crippen LogP contribution in [0.2, 0.25) is 0 Å². The van der Waals surface area contributed by atoms with Crippen molar-refractivity contribution in [1.82, 2.24) is 4.98 Å². The van der Waals surface area contributed by atoms with Gasteiger partial charge in [0.05, 0.1) is 0 Å². The number of pyridine rings is 1. The lowest BCUT2D eigenvalue weighted by Gasteiger charge is -2.38. The molecule has 0 saturated heterocycles. The van der Waals surface area contributed by atoms with Gasteiger partial charge in [-0.2, -0.15) is 11.8 Å². The molecular weight excluding hydrogens is 314 g/mol. The Morgan fingerprint density at radius 1 is 1.43 bits per heavy atom. The van der Waals surface area contributed by atoms with Crippen molar-refractivity contribution < 1.29 is 9.59 Å². The third-order valence-electron chi connectivity index (χ3n) is 3.24. The van der Waals surface area contributed by atoms with E-state index in [1.54, 1.807) is 37.7 Å². The van der Waals surface area contributed by atoms with E-state index in [1.165, 1.54) is 23.6 Å². The fraction of sp³-hybridized carbons (Fsp3) is 0.467. The number of hydrogen-bond donors (Lipinski definition) is 2. The second-order valence-electron chi connectivity index (χ2n) is 5.07. The van der Waals surface area contributed by atoms with Gasteiger partial charge in [0.2, 0.25) is 11.8 Å². The first-order valence-electron chi connectivity index (χ1n) is 7.20. The minimum Gasteiger partial charge on any atom is -0.368 e. The van der Waals surface area contributed by atoms with Gasteiger partial charge < -0.3 is 11.5 Å². The predicted molar refractivity (Wildman–Crippen MR) is 94.7 cm³/mol. The van der Waals surface area contributed by atoms with Crippen LogP contribution in [0.5, 0.6) is 0 Å². The van der Waals surface area contributed by atoms with Crippen molar-refractivity contribution in [1.29, 1.82) is 0 Å². The summed E-state index contributed by atoms with van der Waals surface area (Å²) in [6.45, 7) is 4.10. The number of aliphatic imine (C=N–C) groups is 1. The van der Waals surface area contributed by atoms with E-state index in [1.807, 2.05) is 0 Å². The Hall–Kier alpha value is -1.93. The number of carbonyl (C=O) groups excluding carboxylic acids is 2. The van der Waals surface area contributed by atoms with Gasteiger partial charge in [0.15, 0.2) is 0 Å². The first-order chi connectivity index (χ1) is 10.9. The van der Waals surface area contributed by atoms with Crippen molar-refractivity contribution in [3.63, 3.8) is 0 Å². The van der Waals surface area contributed by atoms with Crippen LogP contribution in [0.25, 0.3) is 0 Å². The summed E-state index contributed by atoms with van der Waals surface area (Å²) in [6, 6.07) is 3.36. The largest absolute Gasteiger partial charge is 0.368 e. The number of amides is 2. The van der Waals surface area contributed by atoms with E-state index < -0.39 is 11.4 Å². The van der Waals surface area contributed by atoms with Crippen molar-refractivity contribution in [3.05, 3.63) is 24.5 Å². The van der Waals surface area contributed by atoms with Crippen LogP contribution < -0.4 is 16.4 Å². The Bertz CT molecular complexity index is 552. The SMILES string of the molecule is CC(=O)N(c1ccncc1)[C@@](C)(CSCCN=CCN)C(N)=O. The minimum absolute atomic E-state index is 0.251. The lowest BCUT2D eigenvalue weighted by molar-refractivity contribution is -0.126. The van der Waals surface area contributed by atoms with E-state index >= 15 is 0 Å². The number of rotatable bonds is 9. The van der Waals surface area contributed by atoms with Crippen LogP contribution >= 0.6 is 11.8 Å². The molecule has 1 aromatic rings. The third kappa shape index (κ3) is 5.33. The molecule has 23 heavy (non-hydrogen) atoms. The average molecular weight is 337 g/mol. The smallest absolute Gasteiger partial charge is 0.244 e. The molecule has 0 aliphatic rings. The van der Waals surface area contributed by atoms with Crippen LogP contribution in [-0.2, 0) is 9.59 Å². The predicted octanol–water partition coefficient (Wildman–Crippen LogP) is 0.441. The molecule has 0 aromatic carbocycles. The van der Waals surface area contributed by atoms with Gasteiger partial charge in [0.25, 0.3) is 0 Å². The van der Waals surface area contributed by atoms with Crippen LogP contribution in [-0.4, -0.2) is 53.1 Å². The summed E-state index contributed by atoms with van der Waals surface area (Å²) in [4.78, 5) is 33.7. The van der Waals surface area contributed by atoms with Gasteiger partial charge in [0, 0.05) is 55.8 Å². The minimum atomic E-state index is -1.13. The van der Waals surface area contributed by atoms with Crippen molar-refractivity contribution >= 4 is 35.5 Å². The molecule has 0 spiro atoms. The third-order valence-corrected chi connectivity index (χ3v) is 4.48. The lowest BCUT2D eigenvalue weighted by atomic mass is 10.0. The van der Waals surface area contributed by atoms with E-state index in [4.69, 9.17) is 11.5 Å². The summed E-state index contributed by atoms with van der Waals surface area (Å²) in [5, 5.41) is 0. The Balaban J connectivity index is 2.90. The van der Waals surface area contributed by atoms with Crippen LogP contribution in [0.15, 0.2) is 29.5 Å². The number of primary amides is 1. The summed E-state index contributed by atoms with van der Waals surface area (Å²) in [5.41, 5.74) is 10.4. The van der Waals surface area contributed by atoms with Crippen LogP contribution in [0.4, 0.5) is 5.69 Å². The standard InChI is InChI=1S/C15H23N5O2S/c1-12(21)20(13-3-6-18-7-4-13)15(2,14(17)22)11-23-10-9-19-8-5-16/h3-4,6-8H,5,9-11,16H2,1-2H3,(H2,17,22)/t15-/m0/s1. The molecule has 2 amide bonds. The van der Waals surface area contributed by atoms with Crippen LogP contribution in [0.1, 0.15) is 13.8 Å². The molecule has 1 atom stereocenters. The molecule has 7 nitrogen and oxygen atoms in total. The quantitative estimate of drug-likeness (QED) is 0.501. The van der Waals surface area contributed by atoms with Crippen molar-refractivity contribution in [3.8, 4) is 0 Å². The second-order valence-corrected chi connectivity index (χ2v) is 6.18. The van der Waals surface area contributed by atoms with Crippen molar-refractivity contribution in [2.45, 2.75) is 19.4 Å². The van der Waals surface area contributed by atoms with Crippen LogP contribution in [0.3, 0.4) is 0 Å². The first kappa shape index (κ1) is 19.1. The number of thioether (sulfide) groups is 1. The zero-order chi connectivity index (χ0) is 17.3. The first-order valence-corrected chi connectivity index (χ1v) is 8.35. The van der Waals surface area contributed by atoms with E-state index in [-0.39, 0.29) is 5.91 Å². The molecule has 0 saturated carbocycles. The average Bonchev–Trinajstić information content (AvgIpc) is 2.51. The van der Waals surface area contributed by atoms with Gasteiger partial charge in [0.1, 0.15) is 5.54 Å². The van der Waals surface area contributed by atoms with Crippen molar-refractivity contribution in [2.75, 3.05) is 29.5 Å². The molecular formula is C15H23N5O2S. The summed E-state index contributed by atoms with van der Waals surface area (Å²) in [6.07, 6.45) is 4.79. The fourth-order valence-corrected chi connectivity index (χ4v) is 3.15. The topological polar surface area (TPSA) is 115 Å². The van der Waals surface area contributed by atoms with Crippen LogP contribution in [0, 0.1) is 0 Å². The number of hydrogen-bond acceptors (Lipinski definition) is 6. The van der Waals surface area contributed by atoms with Gasteiger partial charge >= 0.3 is 0 Å². The molecule has 0 radical (unpaired) electrons. The Morgan fingerprint density at radius 3 is 2.61 bits per heavy atom. The zero-order valence-corrected chi connectivity index (χ0v) is 14.3. The molecule has 0 aliphatic heterocycles. The molecule has 4 N–H and O–H groups in total. The van der Waals surface area contributed by atoms with Gasteiger partial charge in [-0.25, -0.2) is 0 Å². The highest BCUT2D eigenvalue weighted by atomic mass is 32.2. The highest BCUT2D eigenvalue weighted by molar-refractivity contribution is 7.99. The molecule has 8 heteroatoms. The van der Waals surface area contributed by atoms with E-state index in [0.717, 1.165) is 0 Å². The molecule has 0 fully saturated rings. The van der Waals surface area contributed by atoms with Gasteiger partial charge in [-0.3, -0.25) is 24.5 Å². The normalized spacial score (nSPS) is 13.7. The molecule has 0 bridgehead atoms. The molecule has 126 valence electrons. The molecule has 0 aliphatic carbocycles. The fourth-order valence-electron chi connectivity index (χ4n) is 2.11. The summed E-state index contributed by atoms with van der Waals surface area (Å²) >= 11 is 1.51. The number of carbonyl (C=O) groups is 2. The molecule has 1 aromatic heterocycles. The van der Waals surface area contributed by atoms with Crippen molar-refractivity contribution in [2.24, 2.45) is 16.5 Å². The molecule has 1 heterocycles. The maximum Gasteiger partial charge on any atom is 0.244 e. The Morgan fingerprint density at radius 2 is 2.09 bits per heavy atom. The monoisotopic (exact) mass is 337 g/mol. The summed E-state index contributed by atoms with van der Waals surface area (Å²) in [7, 11) is 0. The summed E-state index contributed by atoms with van der Waals surface area (Å²) in [5.74, 6) is 0.283. The Labute approximate surface area is 140 Å². The van der Waals surface area contributed by atoms with E-state index in [2.05, 4.69) is 9.98 Å². The number of anilines is 1. The maximum absolute atomic E-state index is 12.1. The highest BCUT2D eigenvalue weighted by Gasteiger charge is 2.40. The maximum atomic E-state index is 12.1. The van der Waals surface area contributed by atoms with Gasteiger partial charge in [-0.05, 0) is 19.1 Å². The molecule has 1 rings (SSSR count). The van der Waals surface area contributed by atoms with E-state index in [9.17, 15) is 9.59 Å². The number of nitrogens with zero attached hydrogens (tertiary/aromatic N) is 3. The summed E-state index contributed by atoms with van der Waals surface area (Å²) < 4.78 is 0.